The Balaban J connectivity index is 2.82. The zero-order valence-corrected chi connectivity index (χ0v) is 7.91. The minimum Gasteiger partial charge on any atom is -0.481 e. The molecule has 0 saturated heterocycles. The van der Waals surface area contributed by atoms with E-state index in [4.69, 9.17) is 9.84 Å². The van der Waals surface area contributed by atoms with E-state index in [0.29, 0.717) is 23.7 Å². The number of carboxylic acids is 1. The first-order valence-corrected chi connectivity index (χ1v) is 4.14. The van der Waals surface area contributed by atoms with E-state index in [9.17, 15) is 4.79 Å². The van der Waals surface area contributed by atoms with Gasteiger partial charge in [0.15, 0.2) is 0 Å². The molecule has 1 aromatic rings. The molecule has 5 heteroatoms. The predicted molar refractivity (Wildman–Crippen MR) is 50.4 cm³/mol. The quantitative estimate of drug-likeness (QED) is 0.686. The van der Waals surface area contributed by atoms with Crippen LogP contribution in [0.15, 0.2) is 12.7 Å². The Morgan fingerprint density at radius 3 is 3.07 bits per heavy atom. The van der Waals surface area contributed by atoms with Crippen molar-refractivity contribution in [3.63, 3.8) is 0 Å². The van der Waals surface area contributed by atoms with Crippen molar-refractivity contribution in [2.75, 3.05) is 6.61 Å². The Hall–Kier alpha value is -1.78. The van der Waals surface area contributed by atoms with Gasteiger partial charge in [0.2, 0.25) is 5.88 Å². The molecule has 1 aromatic heterocycles. The van der Waals surface area contributed by atoms with Crippen molar-refractivity contribution in [3.05, 3.63) is 23.9 Å². The third-order valence-electron chi connectivity index (χ3n) is 1.70. The van der Waals surface area contributed by atoms with Crippen LogP contribution in [-0.2, 0) is 11.2 Å². The Kier molecular flexibility index (Phi) is 3.28. The van der Waals surface area contributed by atoms with Crippen LogP contribution in [0, 0.1) is 6.92 Å². The first-order chi connectivity index (χ1) is 6.65. The minimum absolute atomic E-state index is 0.0885. The standard InChI is InChI=1S/C9H12N2O3/c1-3-4-14-9-7(5-8(12)13)6(2)10-11-9/h3H,1,4-5H2,2H3,(H,10,11)(H,12,13). The van der Waals surface area contributed by atoms with Crippen LogP contribution in [0.2, 0.25) is 0 Å². The SMILES string of the molecule is C=CCOc1n[nH]c(C)c1CC(=O)O. The summed E-state index contributed by atoms with van der Waals surface area (Å²) in [5, 5.41) is 15.2. The average Bonchev–Trinajstić information content (AvgIpc) is 2.45. The third kappa shape index (κ3) is 2.35. The second-order valence-electron chi connectivity index (χ2n) is 2.80. The highest BCUT2D eigenvalue weighted by Crippen LogP contribution is 2.18. The third-order valence-corrected chi connectivity index (χ3v) is 1.70. The van der Waals surface area contributed by atoms with Gasteiger partial charge in [0, 0.05) is 11.3 Å². The van der Waals surface area contributed by atoms with E-state index < -0.39 is 5.97 Å². The van der Waals surface area contributed by atoms with E-state index in [0.717, 1.165) is 0 Å². The van der Waals surface area contributed by atoms with Crippen LogP contribution >= 0.6 is 0 Å². The molecule has 0 aliphatic rings. The molecule has 76 valence electrons. The van der Waals surface area contributed by atoms with Crippen molar-refractivity contribution in [2.45, 2.75) is 13.3 Å². The van der Waals surface area contributed by atoms with E-state index >= 15 is 0 Å². The molecule has 0 spiro atoms. The van der Waals surface area contributed by atoms with Gasteiger partial charge in [-0.05, 0) is 6.92 Å². The maximum absolute atomic E-state index is 10.5. The number of carbonyl (C=O) groups is 1. The number of aliphatic carboxylic acids is 1. The van der Waals surface area contributed by atoms with Crippen molar-refractivity contribution >= 4 is 5.97 Å². The van der Waals surface area contributed by atoms with Gasteiger partial charge in [-0.3, -0.25) is 9.89 Å². The maximum Gasteiger partial charge on any atom is 0.308 e. The molecule has 5 nitrogen and oxygen atoms in total. The van der Waals surface area contributed by atoms with Gasteiger partial charge >= 0.3 is 5.97 Å². The normalized spacial score (nSPS) is 9.79. The Morgan fingerprint density at radius 1 is 1.79 bits per heavy atom. The fourth-order valence-electron chi connectivity index (χ4n) is 1.05. The average molecular weight is 196 g/mol. The predicted octanol–water partition coefficient (Wildman–Crippen LogP) is 0.910. The monoisotopic (exact) mass is 196 g/mol. The van der Waals surface area contributed by atoms with Crippen molar-refractivity contribution < 1.29 is 14.6 Å². The second-order valence-corrected chi connectivity index (χ2v) is 2.80. The molecule has 1 heterocycles. The van der Waals surface area contributed by atoms with E-state index in [2.05, 4.69) is 16.8 Å². The number of rotatable bonds is 5. The van der Waals surface area contributed by atoms with Crippen LogP contribution in [-0.4, -0.2) is 27.9 Å². The number of H-pyrrole nitrogens is 1. The number of aromatic nitrogens is 2. The van der Waals surface area contributed by atoms with Crippen molar-refractivity contribution in [1.82, 2.24) is 10.2 Å². The molecule has 14 heavy (non-hydrogen) atoms. The molecule has 0 aromatic carbocycles. The van der Waals surface area contributed by atoms with Crippen LogP contribution in [0.25, 0.3) is 0 Å². The van der Waals surface area contributed by atoms with E-state index in [1.165, 1.54) is 0 Å². The van der Waals surface area contributed by atoms with E-state index in [1.807, 2.05) is 0 Å². The number of nitrogens with zero attached hydrogens (tertiary/aromatic N) is 1. The molecular formula is C9H12N2O3. The number of hydrogen-bond acceptors (Lipinski definition) is 3. The lowest BCUT2D eigenvalue weighted by Crippen LogP contribution is -2.03. The van der Waals surface area contributed by atoms with Gasteiger partial charge < -0.3 is 9.84 Å². The van der Waals surface area contributed by atoms with Crippen LogP contribution in [0.3, 0.4) is 0 Å². The molecule has 0 fully saturated rings. The Bertz CT molecular complexity index is 344. The second kappa shape index (κ2) is 4.45. The molecule has 0 amide bonds. The lowest BCUT2D eigenvalue weighted by molar-refractivity contribution is -0.136. The van der Waals surface area contributed by atoms with Gasteiger partial charge in [0.05, 0.1) is 6.42 Å². The van der Waals surface area contributed by atoms with Crippen molar-refractivity contribution in [3.8, 4) is 5.88 Å². The molecule has 0 bridgehead atoms. The molecule has 1 rings (SSSR count). The summed E-state index contributed by atoms with van der Waals surface area (Å²) in [5.74, 6) is -0.567. The number of carboxylic acid groups (broad SMARTS) is 1. The Morgan fingerprint density at radius 2 is 2.50 bits per heavy atom. The zero-order chi connectivity index (χ0) is 10.6. The van der Waals surface area contributed by atoms with E-state index in [1.54, 1.807) is 13.0 Å². The largest absolute Gasteiger partial charge is 0.481 e. The summed E-state index contributed by atoms with van der Waals surface area (Å²) in [4.78, 5) is 10.5. The lowest BCUT2D eigenvalue weighted by atomic mass is 10.2. The highest BCUT2D eigenvalue weighted by molar-refractivity contribution is 5.71. The molecule has 0 aliphatic carbocycles. The summed E-state index contributed by atoms with van der Waals surface area (Å²) in [5.41, 5.74) is 1.30. The fraction of sp³-hybridized carbons (Fsp3) is 0.333. The molecule has 0 aliphatic heterocycles. The first kappa shape index (κ1) is 10.3. The summed E-state index contributed by atoms with van der Waals surface area (Å²) in [6.07, 6.45) is 1.49. The van der Waals surface area contributed by atoms with Crippen molar-refractivity contribution in [2.24, 2.45) is 0 Å². The van der Waals surface area contributed by atoms with Gasteiger partial charge in [0.1, 0.15) is 6.61 Å². The number of hydrogen-bond donors (Lipinski definition) is 2. The lowest BCUT2D eigenvalue weighted by Gasteiger charge is -2.01. The molecule has 0 atom stereocenters. The van der Waals surface area contributed by atoms with Crippen LogP contribution in [0.5, 0.6) is 5.88 Å². The first-order valence-electron chi connectivity index (χ1n) is 4.14. The number of nitrogens with one attached hydrogen (secondary N) is 1. The topological polar surface area (TPSA) is 75.2 Å². The van der Waals surface area contributed by atoms with Gasteiger partial charge in [-0.15, -0.1) is 5.10 Å². The van der Waals surface area contributed by atoms with Crippen LogP contribution < -0.4 is 4.74 Å². The van der Waals surface area contributed by atoms with Gasteiger partial charge in [-0.1, -0.05) is 12.7 Å². The minimum atomic E-state index is -0.905. The maximum atomic E-state index is 10.5. The number of ether oxygens (including phenoxy) is 1. The van der Waals surface area contributed by atoms with Crippen LogP contribution in [0.1, 0.15) is 11.3 Å². The highest BCUT2D eigenvalue weighted by Gasteiger charge is 2.14. The van der Waals surface area contributed by atoms with Crippen LogP contribution in [0.4, 0.5) is 0 Å². The molecular weight excluding hydrogens is 184 g/mol. The summed E-state index contributed by atoms with van der Waals surface area (Å²) in [6.45, 7) is 5.57. The van der Waals surface area contributed by atoms with E-state index in [-0.39, 0.29) is 6.42 Å². The summed E-state index contributed by atoms with van der Waals surface area (Å²) < 4.78 is 5.18. The molecule has 0 radical (unpaired) electrons. The molecule has 0 unspecified atom stereocenters. The van der Waals surface area contributed by atoms with Gasteiger partial charge in [0.25, 0.3) is 0 Å². The molecule has 0 saturated carbocycles. The van der Waals surface area contributed by atoms with Crippen molar-refractivity contribution in [1.29, 1.82) is 0 Å². The summed E-state index contributed by atoms with van der Waals surface area (Å²) >= 11 is 0. The number of aromatic amines is 1. The summed E-state index contributed by atoms with van der Waals surface area (Å²) in [7, 11) is 0. The fourth-order valence-corrected chi connectivity index (χ4v) is 1.05. The smallest absolute Gasteiger partial charge is 0.308 e. The van der Waals surface area contributed by atoms with Gasteiger partial charge in [-0.25, -0.2) is 0 Å². The summed E-state index contributed by atoms with van der Waals surface area (Å²) in [6, 6.07) is 0. The number of aryl methyl sites for hydroxylation is 1. The highest BCUT2D eigenvalue weighted by atomic mass is 16.5. The van der Waals surface area contributed by atoms with Gasteiger partial charge in [-0.2, -0.15) is 0 Å². The Labute approximate surface area is 81.4 Å². The zero-order valence-electron chi connectivity index (χ0n) is 7.91. The molecule has 2 N–H and O–H groups in total.